The summed E-state index contributed by atoms with van der Waals surface area (Å²) in [6.07, 6.45) is 7.62. The Kier molecular flexibility index (Phi) is 4.85. The molecular formula is C20H24N6O. The monoisotopic (exact) mass is 364 g/mol. The summed E-state index contributed by atoms with van der Waals surface area (Å²) < 4.78 is 1.72. The number of aryl methyl sites for hydroxylation is 1. The van der Waals surface area contributed by atoms with Gasteiger partial charge in [-0.2, -0.15) is 5.10 Å². The number of rotatable bonds is 5. The first-order valence-corrected chi connectivity index (χ1v) is 9.45. The van der Waals surface area contributed by atoms with Crippen LogP contribution in [0.1, 0.15) is 35.8 Å². The Hall–Kier alpha value is -2.80. The van der Waals surface area contributed by atoms with Gasteiger partial charge in [0, 0.05) is 36.2 Å². The Bertz CT molecular complexity index is 966. The highest BCUT2D eigenvalue weighted by atomic mass is 16.1. The van der Waals surface area contributed by atoms with E-state index < -0.39 is 0 Å². The molecule has 0 saturated carbocycles. The molecule has 0 aliphatic carbocycles. The summed E-state index contributed by atoms with van der Waals surface area (Å²) in [7, 11) is 0. The second kappa shape index (κ2) is 7.44. The molecule has 1 N–H and O–H groups in total. The van der Waals surface area contributed by atoms with Crippen molar-refractivity contribution in [1.82, 2.24) is 29.8 Å². The predicted molar refractivity (Wildman–Crippen MR) is 104 cm³/mol. The van der Waals surface area contributed by atoms with Crippen LogP contribution < -0.4 is 5.32 Å². The number of hydrogen-bond donors (Lipinski definition) is 1. The highest BCUT2D eigenvalue weighted by molar-refractivity contribution is 5.95. The topological polar surface area (TPSA) is 75.4 Å². The molecule has 4 rings (SSSR count). The first-order valence-electron chi connectivity index (χ1n) is 9.45. The zero-order valence-corrected chi connectivity index (χ0v) is 15.7. The van der Waals surface area contributed by atoms with E-state index in [0.717, 1.165) is 36.4 Å². The van der Waals surface area contributed by atoms with Crippen molar-refractivity contribution in [2.45, 2.75) is 32.7 Å². The third-order valence-electron chi connectivity index (χ3n) is 5.21. The molecule has 1 unspecified atom stereocenters. The lowest BCUT2D eigenvalue weighted by Crippen LogP contribution is -2.40. The fraction of sp³-hybridized carbons (Fsp3) is 0.400. The highest BCUT2D eigenvalue weighted by Crippen LogP contribution is 2.22. The molecule has 27 heavy (non-hydrogen) atoms. The summed E-state index contributed by atoms with van der Waals surface area (Å²) >= 11 is 0. The molecule has 1 saturated heterocycles. The summed E-state index contributed by atoms with van der Waals surface area (Å²) in [6.45, 7) is 6.94. The van der Waals surface area contributed by atoms with Crippen molar-refractivity contribution in [2.75, 3.05) is 19.6 Å². The number of carbonyl (C=O) groups is 1. The summed E-state index contributed by atoms with van der Waals surface area (Å²) in [5.74, 6) is -0.0674. The average molecular weight is 364 g/mol. The second-order valence-corrected chi connectivity index (χ2v) is 6.96. The van der Waals surface area contributed by atoms with Crippen LogP contribution in [-0.2, 0) is 0 Å². The highest BCUT2D eigenvalue weighted by Gasteiger charge is 2.23. The van der Waals surface area contributed by atoms with Gasteiger partial charge in [-0.25, -0.2) is 9.50 Å². The Balaban J connectivity index is 1.53. The zero-order chi connectivity index (χ0) is 18.8. The molecule has 0 aromatic carbocycles. The Morgan fingerprint density at radius 3 is 3.11 bits per heavy atom. The van der Waals surface area contributed by atoms with Crippen molar-refractivity contribution in [3.05, 3.63) is 48.0 Å². The summed E-state index contributed by atoms with van der Waals surface area (Å²) in [6, 6.07) is 5.90. The van der Waals surface area contributed by atoms with Crippen LogP contribution in [-0.4, -0.2) is 56.1 Å². The molecule has 3 aromatic heterocycles. The molecule has 1 aliphatic rings. The minimum Gasteiger partial charge on any atom is -0.350 e. The van der Waals surface area contributed by atoms with Gasteiger partial charge in [0.2, 0.25) is 0 Å². The van der Waals surface area contributed by atoms with Crippen LogP contribution in [0.25, 0.3) is 16.9 Å². The lowest BCUT2D eigenvalue weighted by Gasteiger charge is -2.22. The summed E-state index contributed by atoms with van der Waals surface area (Å²) in [4.78, 5) is 24.0. The minimum absolute atomic E-state index is 0.0674. The molecule has 4 heterocycles. The van der Waals surface area contributed by atoms with E-state index >= 15 is 0 Å². The second-order valence-electron chi connectivity index (χ2n) is 6.96. The van der Waals surface area contributed by atoms with E-state index in [1.807, 2.05) is 25.3 Å². The molecule has 1 amide bonds. The van der Waals surface area contributed by atoms with Crippen LogP contribution in [0.15, 0.2) is 36.8 Å². The van der Waals surface area contributed by atoms with Crippen molar-refractivity contribution < 1.29 is 4.79 Å². The van der Waals surface area contributed by atoms with Crippen molar-refractivity contribution in [3.63, 3.8) is 0 Å². The predicted octanol–water partition coefficient (Wildman–Crippen LogP) is 2.31. The van der Waals surface area contributed by atoms with E-state index in [2.05, 4.69) is 32.2 Å². The maximum Gasteiger partial charge on any atom is 0.251 e. The Morgan fingerprint density at radius 2 is 2.26 bits per heavy atom. The Morgan fingerprint density at radius 1 is 1.37 bits per heavy atom. The van der Waals surface area contributed by atoms with E-state index in [1.165, 1.54) is 6.42 Å². The van der Waals surface area contributed by atoms with Gasteiger partial charge in [-0.05, 0) is 51.1 Å². The van der Waals surface area contributed by atoms with Crippen molar-refractivity contribution in [1.29, 1.82) is 0 Å². The van der Waals surface area contributed by atoms with Gasteiger partial charge in [-0.1, -0.05) is 6.92 Å². The lowest BCUT2D eigenvalue weighted by molar-refractivity contribution is 0.0941. The number of nitrogens with zero attached hydrogens (tertiary/aromatic N) is 5. The standard InChI is InChI=1S/C20H24N6O/c1-3-25-9-4-5-16(25)12-22-20(27)15-6-8-21-18(11-15)17-13-23-26-10-7-14(2)24-19(17)26/h6-8,10-11,13,16H,3-5,9,12H2,1-2H3,(H,22,27). The van der Waals surface area contributed by atoms with Gasteiger partial charge in [-0.15, -0.1) is 0 Å². The maximum atomic E-state index is 12.6. The van der Waals surface area contributed by atoms with E-state index in [1.54, 1.807) is 23.0 Å². The van der Waals surface area contributed by atoms with Crippen LogP contribution in [0.2, 0.25) is 0 Å². The number of hydrogen-bond acceptors (Lipinski definition) is 5. The Labute approximate surface area is 158 Å². The molecule has 0 spiro atoms. The van der Waals surface area contributed by atoms with Gasteiger partial charge < -0.3 is 5.32 Å². The van der Waals surface area contributed by atoms with Crippen LogP contribution in [0, 0.1) is 6.92 Å². The molecule has 0 bridgehead atoms. The quantitative estimate of drug-likeness (QED) is 0.752. The van der Waals surface area contributed by atoms with Gasteiger partial charge in [-0.3, -0.25) is 14.7 Å². The van der Waals surface area contributed by atoms with Crippen LogP contribution in [0.5, 0.6) is 0 Å². The van der Waals surface area contributed by atoms with Gasteiger partial charge in [0.15, 0.2) is 5.65 Å². The summed E-state index contributed by atoms with van der Waals surface area (Å²) in [5, 5.41) is 7.40. The van der Waals surface area contributed by atoms with Gasteiger partial charge >= 0.3 is 0 Å². The molecule has 140 valence electrons. The average Bonchev–Trinajstić information content (AvgIpc) is 3.32. The van der Waals surface area contributed by atoms with E-state index in [9.17, 15) is 4.79 Å². The van der Waals surface area contributed by atoms with E-state index in [0.29, 0.717) is 23.8 Å². The number of likely N-dealkylation sites (tertiary alicyclic amines) is 1. The molecule has 7 heteroatoms. The minimum atomic E-state index is -0.0674. The fourth-order valence-electron chi connectivity index (χ4n) is 3.71. The SMILES string of the molecule is CCN1CCCC1CNC(=O)c1ccnc(-c2cnn3ccc(C)nc23)c1. The van der Waals surface area contributed by atoms with Crippen molar-refractivity contribution in [2.24, 2.45) is 0 Å². The van der Waals surface area contributed by atoms with Gasteiger partial charge in [0.05, 0.1) is 17.5 Å². The smallest absolute Gasteiger partial charge is 0.251 e. The van der Waals surface area contributed by atoms with Crippen LogP contribution in [0.4, 0.5) is 0 Å². The maximum absolute atomic E-state index is 12.6. The number of aromatic nitrogens is 4. The zero-order valence-electron chi connectivity index (χ0n) is 15.7. The molecular weight excluding hydrogens is 340 g/mol. The molecule has 0 radical (unpaired) electrons. The van der Waals surface area contributed by atoms with Crippen molar-refractivity contribution in [3.8, 4) is 11.3 Å². The van der Waals surface area contributed by atoms with Gasteiger partial charge in [0.1, 0.15) is 0 Å². The number of nitrogens with one attached hydrogen (secondary N) is 1. The number of amides is 1. The first kappa shape index (κ1) is 17.6. The summed E-state index contributed by atoms with van der Waals surface area (Å²) in [5.41, 5.74) is 3.78. The van der Waals surface area contributed by atoms with E-state index in [-0.39, 0.29) is 5.91 Å². The third kappa shape index (κ3) is 3.55. The molecule has 3 aromatic rings. The molecule has 1 aliphatic heterocycles. The lowest BCUT2D eigenvalue weighted by atomic mass is 10.1. The number of carbonyl (C=O) groups excluding carboxylic acids is 1. The van der Waals surface area contributed by atoms with Crippen molar-refractivity contribution >= 4 is 11.6 Å². The number of fused-ring (bicyclic) bond motifs is 1. The molecule has 1 atom stereocenters. The van der Waals surface area contributed by atoms with E-state index in [4.69, 9.17) is 0 Å². The van der Waals surface area contributed by atoms with Crippen LogP contribution in [0.3, 0.4) is 0 Å². The normalized spacial score (nSPS) is 17.5. The van der Waals surface area contributed by atoms with Gasteiger partial charge in [0.25, 0.3) is 5.91 Å². The first-order chi connectivity index (χ1) is 13.2. The third-order valence-corrected chi connectivity index (χ3v) is 5.21. The largest absolute Gasteiger partial charge is 0.350 e. The molecule has 7 nitrogen and oxygen atoms in total. The fourth-order valence-corrected chi connectivity index (χ4v) is 3.71. The number of pyridine rings is 1. The molecule has 1 fully saturated rings. The number of likely N-dealkylation sites (N-methyl/N-ethyl adjacent to an activating group) is 1. The van der Waals surface area contributed by atoms with Crippen LogP contribution >= 0.6 is 0 Å².